The van der Waals surface area contributed by atoms with Crippen molar-refractivity contribution in [2.45, 2.75) is 13.3 Å². The minimum absolute atomic E-state index is 0.0525. The van der Waals surface area contributed by atoms with Gasteiger partial charge in [-0.2, -0.15) is 0 Å². The van der Waals surface area contributed by atoms with Crippen LogP contribution >= 0.6 is 0 Å². The van der Waals surface area contributed by atoms with Gasteiger partial charge in [-0.25, -0.2) is 4.39 Å². The molecule has 104 valence electrons. The van der Waals surface area contributed by atoms with Gasteiger partial charge in [-0.05, 0) is 41.0 Å². The van der Waals surface area contributed by atoms with Crippen LogP contribution in [-0.2, 0) is 6.42 Å². The normalized spacial score (nSPS) is 10.8. The lowest BCUT2D eigenvalue weighted by Gasteiger charge is -2.08. The molecule has 0 saturated heterocycles. The van der Waals surface area contributed by atoms with E-state index in [1.165, 1.54) is 12.1 Å². The number of halogens is 1. The van der Waals surface area contributed by atoms with Crippen LogP contribution in [0.1, 0.15) is 21.5 Å². The van der Waals surface area contributed by atoms with Gasteiger partial charge in [-0.15, -0.1) is 0 Å². The van der Waals surface area contributed by atoms with Gasteiger partial charge < -0.3 is 0 Å². The summed E-state index contributed by atoms with van der Waals surface area (Å²) in [6.45, 7) is 1.83. The van der Waals surface area contributed by atoms with E-state index in [9.17, 15) is 9.18 Å². The molecule has 1 nitrogen and oxygen atoms in total. The van der Waals surface area contributed by atoms with Gasteiger partial charge in [0.15, 0.2) is 5.78 Å². The molecule has 0 aliphatic heterocycles. The van der Waals surface area contributed by atoms with E-state index in [0.717, 1.165) is 21.9 Å². The van der Waals surface area contributed by atoms with Gasteiger partial charge in [-0.1, -0.05) is 48.5 Å². The zero-order valence-corrected chi connectivity index (χ0v) is 11.8. The molecule has 3 aromatic rings. The van der Waals surface area contributed by atoms with E-state index < -0.39 is 0 Å². The molecule has 0 heterocycles. The Bertz CT molecular complexity index is 815. The van der Waals surface area contributed by atoms with Gasteiger partial charge in [0, 0.05) is 12.0 Å². The lowest BCUT2D eigenvalue weighted by Crippen LogP contribution is -2.06. The van der Waals surface area contributed by atoms with Crippen molar-refractivity contribution >= 4 is 16.6 Å². The first-order valence-electron chi connectivity index (χ1n) is 6.91. The minimum Gasteiger partial charge on any atom is -0.294 e. The predicted octanol–water partition coefficient (Wildman–Crippen LogP) is 4.71. The second kappa shape index (κ2) is 5.49. The molecular weight excluding hydrogens is 263 g/mol. The first-order chi connectivity index (χ1) is 10.1. The highest BCUT2D eigenvalue weighted by molar-refractivity contribution is 6.01. The molecule has 0 fully saturated rings. The molecule has 21 heavy (non-hydrogen) atoms. The second-order valence-corrected chi connectivity index (χ2v) is 5.20. The number of benzene rings is 3. The Morgan fingerprint density at radius 2 is 1.76 bits per heavy atom. The number of Topliss-reactive ketones (excluding diaryl/α,β-unsaturated/α-hetero) is 1. The molecule has 0 bridgehead atoms. The quantitative estimate of drug-likeness (QED) is 0.634. The summed E-state index contributed by atoms with van der Waals surface area (Å²) in [5.74, 6) is -0.426. The Labute approximate surface area is 123 Å². The number of hydrogen-bond acceptors (Lipinski definition) is 1. The lowest BCUT2D eigenvalue weighted by atomic mass is 9.96. The molecule has 0 saturated carbocycles. The molecule has 0 radical (unpaired) electrons. The zero-order valence-electron chi connectivity index (χ0n) is 11.8. The van der Waals surface area contributed by atoms with E-state index in [2.05, 4.69) is 0 Å². The molecule has 0 aliphatic carbocycles. The van der Waals surface area contributed by atoms with Gasteiger partial charge in [0.1, 0.15) is 5.82 Å². The Morgan fingerprint density at radius 3 is 2.62 bits per heavy atom. The van der Waals surface area contributed by atoms with Crippen LogP contribution < -0.4 is 0 Å². The number of carbonyl (C=O) groups is 1. The van der Waals surface area contributed by atoms with Crippen LogP contribution in [0.3, 0.4) is 0 Å². The van der Waals surface area contributed by atoms with Gasteiger partial charge in [0.25, 0.3) is 0 Å². The van der Waals surface area contributed by atoms with Crippen LogP contribution in [0.5, 0.6) is 0 Å². The zero-order chi connectivity index (χ0) is 14.8. The molecular formula is C19H15FO. The fraction of sp³-hybridized carbons (Fsp3) is 0.105. The highest BCUT2D eigenvalue weighted by Gasteiger charge is 2.12. The van der Waals surface area contributed by atoms with Crippen LogP contribution in [0.4, 0.5) is 4.39 Å². The summed E-state index contributed by atoms with van der Waals surface area (Å²) < 4.78 is 13.3. The summed E-state index contributed by atoms with van der Waals surface area (Å²) >= 11 is 0. The van der Waals surface area contributed by atoms with Crippen LogP contribution in [0.15, 0.2) is 60.7 Å². The fourth-order valence-electron chi connectivity index (χ4n) is 2.61. The minimum atomic E-state index is -0.373. The molecule has 0 atom stereocenters. The highest BCUT2D eigenvalue weighted by Crippen LogP contribution is 2.21. The van der Waals surface area contributed by atoms with Gasteiger partial charge in [0.05, 0.1) is 0 Å². The molecule has 0 aromatic heterocycles. The molecule has 0 N–H and O–H groups in total. The van der Waals surface area contributed by atoms with Gasteiger partial charge in [-0.3, -0.25) is 4.79 Å². The van der Waals surface area contributed by atoms with Crippen molar-refractivity contribution in [3.05, 3.63) is 83.2 Å². The summed E-state index contributed by atoms with van der Waals surface area (Å²) in [5, 5.41) is 2.18. The molecule has 0 unspecified atom stereocenters. The molecule has 0 amide bonds. The maximum Gasteiger partial charge on any atom is 0.167 e. The van der Waals surface area contributed by atoms with Crippen molar-refractivity contribution in [3.8, 4) is 0 Å². The molecule has 3 aromatic carbocycles. The molecule has 3 rings (SSSR count). The van der Waals surface area contributed by atoms with Crippen molar-refractivity contribution in [2.75, 3.05) is 0 Å². The van der Waals surface area contributed by atoms with E-state index in [4.69, 9.17) is 0 Å². The highest BCUT2D eigenvalue weighted by atomic mass is 19.1. The van der Waals surface area contributed by atoms with E-state index in [1.807, 2.05) is 49.4 Å². The number of ketones is 1. The number of hydrogen-bond donors (Lipinski definition) is 0. The maximum absolute atomic E-state index is 13.3. The van der Waals surface area contributed by atoms with Crippen LogP contribution in [0.2, 0.25) is 0 Å². The third kappa shape index (κ3) is 2.70. The summed E-state index contributed by atoms with van der Waals surface area (Å²) in [6.07, 6.45) is 0.283. The third-order valence-corrected chi connectivity index (χ3v) is 3.73. The average molecular weight is 278 g/mol. The largest absolute Gasteiger partial charge is 0.294 e. The van der Waals surface area contributed by atoms with Gasteiger partial charge >= 0.3 is 0 Å². The van der Waals surface area contributed by atoms with Crippen LogP contribution in [0.25, 0.3) is 10.8 Å². The van der Waals surface area contributed by atoms with Gasteiger partial charge in [0.2, 0.25) is 0 Å². The average Bonchev–Trinajstić information content (AvgIpc) is 2.50. The van der Waals surface area contributed by atoms with Crippen molar-refractivity contribution in [1.29, 1.82) is 0 Å². The van der Waals surface area contributed by atoms with E-state index in [0.29, 0.717) is 5.56 Å². The monoisotopic (exact) mass is 278 g/mol. The van der Waals surface area contributed by atoms with Crippen molar-refractivity contribution in [2.24, 2.45) is 0 Å². The number of aryl methyl sites for hydroxylation is 1. The predicted molar refractivity (Wildman–Crippen MR) is 83.1 cm³/mol. The van der Waals surface area contributed by atoms with E-state index in [1.54, 1.807) is 6.07 Å². The molecule has 0 aliphatic rings. The van der Waals surface area contributed by atoms with Crippen LogP contribution in [-0.4, -0.2) is 5.78 Å². The van der Waals surface area contributed by atoms with E-state index >= 15 is 0 Å². The Hall–Kier alpha value is -2.48. The lowest BCUT2D eigenvalue weighted by molar-refractivity contribution is 0.0992. The van der Waals surface area contributed by atoms with Crippen molar-refractivity contribution in [1.82, 2.24) is 0 Å². The first-order valence-corrected chi connectivity index (χ1v) is 6.91. The Morgan fingerprint density at radius 1 is 1.00 bits per heavy atom. The fourth-order valence-corrected chi connectivity index (χ4v) is 2.61. The molecule has 2 heteroatoms. The van der Waals surface area contributed by atoms with E-state index in [-0.39, 0.29) is 18.0 Å². The standard InChI is InChI=1S/C19H15FO/c1-13-9-10-16(20)12-18(13)19(21)11-15-7-4-6-14-5-2-3-8-17(14)15/h2-10,12H,11H2,1H3. The summed E-state index contributed by atoms with van der Waals surface area (Å²) in [5.41, 5.74) is 2.24. The Kier molecular flexibility index (Phi) is 3.53. The maximum atomic E-state index is 13.3. The number of carbonyl (C=O) groups excluding carboxylic acids is 1. The Balaban J connectivity index is 1.99. The van der Waals surface area contributed by atoms with Crippen molar-refractivity contribution < 1.29 is 9.18 Å². The summed E-state index contributed by atoms with van der Waals surface area (Å²) in [4.78, 5) is 12.5. The number of fused-ring (bicyclic) bond motifs is 1. The summed E-state index contributed by atoms with van der Waals surface area (Å²) in [7, 11) is 0. The molecule has 0 spiro atoms. The third-order valence-electron chi connectivity index (χ3n) is 3.73. The van der Waals surface area contributed by atoms with Crippen molar-refractivity contribution in [3.63, 3.8) is 0 Å². The SMILES string of the molecule is Cc1ccc(F)cc1C(=O)Cc1cccc2ccccc12. The summed E-state index contributed by atoms with van der Waals surface area (Å²) in [6, 6.07) is 18.2. The smallest absolute Gasteiger partial charge is 0.167 e. The number of rotatable bonds is 3. The van der Waals surface area contributed by atoms with Crippen LogP contribution in [0, 0.1) is 12.7 Å². The topological polar surface area (TPSA) is 17.1 Å². The second-order valence-electron chi connectivity index (χ2n) is 5.20. The first kappa shape index (κ1) is 13.5.